The molecule has 4 nitrogen and oxygen atoms in total. The van der Waals surface area contributed by atoms with E-state index in [1.807, 2.05) is 20.8 Å². The fourth-order valence-electron chi connectivity index (χ4n) is 6.19. The normalized spacial score (nSPS) is 38.4. The molecule has 0 aromatic heterocycles. The van der Waals surface area contributed by atoms with Crippen LogP contribution in [-0.4, -0.2) is 34.6 Å². The van der Waals surface area contributed by atoms with Gasteiger partial charge in [0.2, 0.25) is 5.91 Å². The summed E-state index contributed by atoms with van der Waals surface area (Å²) >= 11 is 0. The van der Waals surface area contributed by atoms with E-state index in [-0.39, 0.29) is 29.7 Å². The molecule has 4 bridgehead atoms. The Morgan fingerprint density at radius 2 is 1.92 bits per heavy atom. The molecule has 140 valence electrons. The number of hydrogen-bond acceptors (Lipinski definition) is 3. The van der Waals surface area contributed by atoms with Crippen LogP contribution >= 0.6 is 0 Å². The molecule has 0 heterocycles. The lowest BCUT2D eigenvalue weighted by molar-refractivity contribution is -0.149. The first kappa shape index (κ1) is 18.6. The van der Waals surface area contributed by atoms with Crippen LogP contribution in [0.1, 0.15) is 65.7 Å². The SMILES string of the molecule is CCC[C@@H](C#N)N(C(=O)[C@@H](N)C1C2CC3CC1CC(F)(C3)C2)C(C)C. The van der Waals surface area contributed by atoms with Crippen LogP contribution in [0.25, 0.3) is 0 Å². The van der Waals surface area contributed by atoms with Crippen LogP contribution in [0, 0.1) is 35.0 Å². The van der Waals surface area contributed by atoms with E-state index in [0.717, 1.165) is 19.3 Å². The van der Waals surface area contributed by atoms with Gasteiger partial charge < -0.3 is 10.6 Å². The van der Waals surface area contributed by atoms with E-state index in [2.05, 4.69) is 6.07 Å². The number of nitriles is 1. The van der Waals surface area contributed by atoms with Gasteiger partial charge in [-0.05, 0) is 76.0 Å². The first-order valence-electron chi connectivity index (χ1n) is 9.96. The highest BCUT2D eigenvalue weighted by molar-refractivity contribution is 5.83. The molecule has 2 unspecified atom stereocenters. The molecular weight excluding hydrogens is 317 g/mol. The number of nitrogens with zero attached hydrogens (tertiary/aromatic N) is 2. The maximum absolute atomic E-state index is 14.9. The van der Waals surface area contributed by atoms with Crippen molar-refractivity contribution in [1.82, 2.24) is 4.90 Å². The Bertz CT molecular complexity index is 542. The number of carbonyl (C=O) groups is 1. The van der Waals surface area contributed by atoms with Gasteiger partial charge in [-0.3, -0.25) is 4.79 Å². The highest BCUT2D eigenvalue weighted by Gasteiger charge is 2.58. The number of hydrogen-bond donors (Lipinski definition) is 1. The van der Waals surface area contributed by atoms with Gasteiger partial charge in [-0.15, -0.1) is 0 Å². The van der Waals surface area contributed by atoms with Crippen LogP contribution in [0.3, 0.4) is 0 Å². The Morgan fingerprint density at radius 1 is 1.32 bits per heavy atom. The number of nitrogens with two attached hydrogens (primary N) is 1. The van der Waals surface area contributed by atoms with E-state index in [1.165, 1.54) is 0 Å². The van der Waals surface area contributed by atoms with Gasteiger partial charge in [-0.2, -0.15) is 5.26 Å². The lowest BCUT2D eigenvalue weighted by Gasteiger charge is -2.58. The van der Waals surface area contributed by atoms with E-state index in [4.69, 9.17) is 5.73 Å². The molecule has 0 saturated heterocycles. The third-order valence-corrected chi connectivity index (χ3v) is 6.83. The van der Waals surface area contributed by atoms with Crippen molar-refractivity contribution in [2.24, 2.45) is 29.4 Å². The lowest BCUT2D eigenvalue weighted by atomic mass is 9.49. The standard InChI is InChI=1S/C20H32FN3O/c1-4-5-16(11-22)24(12(2)3)19(25)18(23)17-14-6-13-7-15(17)10-20(21,8-13)9-14/h12-18H,4-10,23H2,1-3H3/t13?,14?,15?,16-,17?,18-,20?/m0/s1. The van der Waals surface area contributed by atoms with Gasteiger partial charge in [-0.1, -0.05) is 13.3 Å². The number of carbonyl (C=O) groups excluding carboxylic acids is 1. The molecule has 4 saturated carbocycles. The Labute approximate surface area is 150 Å². The molecule has 4 aliphatic carbocycles. The Balaban J connectivity index is 1.78. The largest absolute Gasteiger partial charge is 0.323 e. The molecule has 25 heavy (non-hydrogen) atoms. The summed E-state index contributed by atoms with van der Waals surface area (Å²) in [6.07, 6.45) is 5.41. The molecule has 4 atom stereocenters. The maximum Gasteiger partial charge on any atom is 0.241 e. The molecule has 5 heteroatoms. The van der Waals surface area contributed by atoms with Gasteiger partial charge >= 0.3 is 0 Å². The van der Waals surface area contributed by atoms with E-state index in [9.17, 15) is 14.4 Å². The van der Waals surface area contributed by atoms with Crippen molar-refractivity contribution in [3.05, 3.63) is 0 Å². The van der Waals surface area contributed by atoms with E-state index in [0.29, 0.717) is 31.6 Å². The zero-order valence-corrected chi connectivity index (χ0v) is 15.7. The molecule has 0 aromatic rings. The molecule has 0 radical (unpaired) electrons. The van der Waals surface area contributed by atoms with Crippen molar-refractivity contribution in [3.63, 3.8) is 0 Å². The van der Waals surface area contributed by atoms with E-state index < -0.39 is 17.8 Å². The Morgan fingerprint density at radius 3 is 2.36 bits per heavy atom. The topological polar surface area (TPSA) is 70.1 Å². The van der Waals surface area contributed by atoms with Crippen LogP contribution in [0.15, 0.2) is 0 Å². The molecular formula is C20H32FN3O. The second kappa shape index (κ2) is 6.87. The molecule has 4 rings (SSSR count). The third kappa shape index (κ3) is 3.30. The second-order valence-electron chi connectivity index (χ2n) is 9.00. The fourth-order valence-corrected chi connectivity index (χ4v) is 6.19. The van der Waals surface area contributed by atoms with Gasteiger partial charge in [0.1, 0.15) is 11.7 Å². The van der Waals surface area contributed by atoms with Gasteiger partial charge in [0.15, 0.2) is 0 Å². The van der Waals surface area contributed by atoms with Crippen LogP contribution in [0.5, 0.6) is 0 Å². The van der Waals surface area contributed by atoms with Crippen molar-refractivity contribution in [1.29, 1.82) is 5.26 Å². The molecule has 0 aliphatic heterocycles. The minimum Gasteiger partial charge on any atom is -0.323 e. The summed E-state index contributed by atoms with van der Waals surface area (Å²) in [4.78, 5) is 14.9. The highest BCUT2D eigenvalue weighted by Crippen LogP contribution is 2.60. The Kier molecular flexibility index (Phi) is 5.12. The monoisotopic (exact) mass is 349 g/mol. The summed E-state index contributed by atoms with van der Waals surface area (Å²) < 4.78 is 14.9. The van der Waals surface area contributed by atoms with Crippen LogP contribution in [-0.2, 0) is 4.79 Å². The smallest absolute Gasteiger partial charge is 0.241 e. The minimum absolute atomic E-state index is 0.0564. The maximum atomic E-state index is 14.9. The highest BCUT2D eigenvalue weighted by atomic mass is 19.1. The van der Waals surface area contributed by atoms with E-state index >= 15 is 0 Å². The van der Waals surface area contributed by atoms with Gasteiger partial charge in [0.05, 0.1) is 12.1 Å². The first-order valence-corrected chi connectivity index (χ1v) is 9.96. The van der Waals surface area contributed by atoms with Crippen molar-refractivity contribution in [3.8, 4) is 6.07 Å². The predicted molar refractivity (Wildman–Crippen MR) is 95.2 cm³/mol. The summed E-state index contributed by atoms with van der Waals surface area (Å²) in [5.74, 6) is 0.913. The van der Waals surface area contributed by atoms with Crippen molar-refractivity contribution >= 4 is 5.91 Å². The number of amides is 1. The van der Waals surface area contributed by atoms with Crippen molar-refractivity contribution in [2.45, 2.75) is 89.5 Å². The number of halogens is 1. The predicted octanol–water partition coefficient (Wildman–Crippen LogP) is 3.41. The molecule has 1 amide bonds. The summed E-state index contributed by atoms with van der Waals surface area (Å²) in [7, 11) is 0. The molecule has 2 N–H and O–H groups in total. The van der Waals surface area contributed by atoms with Crippen LogP contribution in [0.4, 0.5) is 4.39 Å². The van der Waals surface area contributed by atoms with Gasteiger partial charge in [0, 0.05) is 6.04 Å². The summed E-state index contributed by atoms with van der Waals surface area (Å²) in [5.41, 5.74) is 5.48. The second-order valence-corrected chi connectivity index (χ2v) is 9.00. The van der Waals surface area contributed by atoms with Gasteiger partial charge in [-0.25, -0.2) is 4.39 Å². The number of rotatable bonds is 6. The first-order chi connectivity index (χ1) is 11.8. The van der Waals surface area contributed by atoms with Crippen molar-refractivity contribution in [2.75, 3.05) is 0 Å². The third-order valence-electron chi connectivity index (χ3n) is 6.83. The molecule has 0 aromatic carbocycles. The average Bonchev–Trinajstić information content (AvgIpc) is 2.51. The van der Waals surface area contributed by atoms with Crippen LogP contribution in [0.2, 0.25) is 0 Å². The minimum atomic E-state index is -1.01. The van der Waals surface area contributed by atoms with Crippen molar-refractivity contribution < 1.29 is 9.18 Å². The average molecular weight is 349 g/mol. The molecule has 4 aliphatic rings. The quantitative estimate of drug-likeness (QED) is 0.799. The number of alkyl halides is 1. The lowest BCUT2D eigenvalue weighted by Crippen LogP contribution is -2.61. The molecule has 0 spiro atoms. The zero-order chi connectivity index (χ0) is 18.4. The zero-order valence-electron chi connectivity index (χ0n) is 15.7. The van der Waals surface area contributed by atoms with E-state index in [1.54, 1.807) is 4.90 Å². The Hall–Kier alpha value is -1.15. The van der Waals surface area contributed by atoms with Crippen LogP contribution < -0.4 is 5.73 Å². The summed E-state index contributed by atoms with van der Waals surface area (Å²) in [6.45, 7) is 5.90. The summed E-state index contributed by atoms with van der Waals surface area (Å²) in [6, 6.07) is 1.20. The molecule has 4 fully saturated rings. The summed E-state index contributed by atoms with van der Waals surface area (Å²) in [5, 5.41) is 9.52. The fraction of sp³-hybridized carbons (Fsp3) is 0.900. The van der Waals surface area contributed by atoms with Gasteiger partial charge in [0.25, 0.3) is 0 Å².